The Hall–Kier alpha value is -0.410. The highest BCUT2D eigenvalue weighted by molar-refractivity contribution is 5.79. The van der Waals surface area contributed by atoms with Crippen molar-refractivity contribution in [1.82, 2.24) is 0 Å². The Balaban J connectivity index is 1.83. The Bertz CT molecular complexity index is 214. The van der Waals surface area contributed by atoms with Gasteiger partial charge in [0, 0.05) is 32.1 Å². The lowest BCUT2D eigenvalue weighted by atomic mass is 9.76. The summed E-state index contributed by atoms with van der Waals surface area (Å²) in [7, 11) is 0. The molecule has 2 N–H and O–H groups in total. The van der Waals surface area contributed by atoms with Crippen LogP contribution < -0.4 is 5.73 Å². The first kappa shape index (κ1) is 11.1. The number of ketones is 1. The van der Waals surface area contributed by atoms with Gasteiger partial charge < -0.3 is 10.5 Å². The van der Waals surface area contributed by atoms with Gasteiger partial charge in [0.2, 0.25) is 0 Å². The highest BCUT2D eigenvalue weighted by atomic mass is 16.5. The van der Waals surface area contributed by atoms with Crippen molar-refractivity contribution in [3.63, 3.8) is 0 Å². The van der Waals surface area contributed by atoms with Crippen molar-refractivity contribution in [3.8, 4) is 0 Å². The molecule has 0 aromatic carbocycles. The van der Waals surface area contributed by atoms with Gasteiger partial charge in [0.05, 0.1) is 0 Å². The van der Waals surface area contributed by atoms with Crippen LogP contribution in [0.4, 0.5) is 0 Å². The van der Waals surface area contributed by atoms with Crippen molar-refractivity contribution in [3.05, 3.63) is 0 Å². The zero-order chi connectivity index (χ0) is 10.7. The van der Waals surface area contributed by atoms with Crippen molar-refractivity contribution in [1.29, 1.82) is 0 Å². The maximum atomic E-state index is 11.1. The molecule has 1 atom stereocenters. The Morgan fingerprint density at radius 3 is 2.20 bits per heavy atom. The Morgan fingerprint density at radius 2 is 1.60 bits per heavy atom. The van der Waals surface area contributed by atoms with E-state index >= 15 is 0 Å². The minimum Gasteiger partial charge on any atom is -0.381 e. The van der Waals surface area contributed by atoms with E-state index in [9.17, 15) is 4.79 Å². The molecule has 3 heteroatoms. The van der Waals surface area contributed by atoms with E-state index in [1.807, 2.05) is 0 Å². The summed E-state index contributed by atoms with van der Waals surface area (Å²) in [4.78, 5) is 11.1. The molecule has 1 heterocycles. The number of carbonyl (C=O) groups is 1. The molecule has 1 saturated heterocycles. The van der Waals surface area contributed by atoms with Crippen LogP contribution in [0.15, 0.2) is 0 Å². The molecule has 15 heavy (non-hydrogen) atoms. The van der Waals surface area contributed by atoms with E-state index in [0.29, 0.717) is 23.7 Å². The fourth-order valence-electron chi connectivity index (χ4n) is 2.83. The van der Waals surface area contributed by atoms with E-state index in [-0.39, 0.29) is 0 Å². The van der Waals surface area contributed by atoms with Gasteiger partial charge in [-0.15, -0.1) is 0 Å². The van der Waals surface area contributed by atoms with Crippen LogP contribution in [0.25, 0.3) is 0 Å². The zero-order valence-corrected chi connectivity index (χ0v) is 9.28. The second-order valence-electron chi connectivity index (χ2n) is 4.90. The molecule has 3 nitrogen and oxygen atoms in total. The molecular weight excluding hydrogens is 190 g/mol. The summed E-state index contributed by atoms with van der Waals surface area (Å²) in [5, 5.41) is 0. The number of carbonyl (C=O) groups excluding carboxylic acids is 1. The predicted octanol–water partition coefficient (Wildman–Crippen LogP) is 1.50. The molecular formula is C12H21NO2. The fraction of sp³-hybridized carbons (Fsp3) is 0.917. The summed E-state index contributed by atoms with van der Waals surface area (Å²) >= 11 is 0. The predicted molar refractivity (Wildman–Crippen MR) is 58.5 cm³/mol. The van der Waals surface area contributed by atoms with Crippen LogP contribution in [0.3, 0.4) is 0 Å². The Morgan fingerprint density at radius 1 is 1.07 bits per heavy atom. The summed E-state index contributed by atoms with van der Waals surface area (Å²) in [6.45, 7) is 1.73. The van der Waals surface area contributed by atoms with Gasteiger partial charge in [0.25, 0.3) is 0 Å². The molecule has 0 radical (unpaired) electrons. The van der Waals surface area contributed by atoms with Crippen molar-refractivity contribution < 1.29 is 9.53 Å². The molecule has 1 saturated carbocycles. The van der Waals surface area contributed by atoms with Crippen LogP contribution in [0.2, 0.25) is 0 Å². The van der Waals surface area contributed by atoms with Gasteiger partial charge in [0.15, 0.2) is 0 Å². The quantitative estimate of drug-likeness (QED) is 0.753. The normalized spacial score (nSPS) is 27.9. The Labute approximate surface area is 91.4 Å². The first-order valence-corrected chi connectivity index (χ1v) is 6.12. The largest absolute Gasteiger partial charge is 0.381 e. The number of hydrogen-bond donors (Lipinski definition) is 1. The van der Waals surface area contributed by atoms with Gasteiger partial charge in [-0.2, -0.15) is 0 Å². The molecule has 2 aliphatic rings. The first-order valence-electron chi connectivity index (χ1n) is 6.12. The van der Waals surface area contributed by atoms with E-state index in [2.05, 4.69) is 0 Å². The summed E-state index contributed by atoms with van der Waals surface area (Å²) in [5.41, 5.74) is 6.30. The standard InChI is InChI=1S/C12H21NO2/c13-12(10-5-7-15-8-6-10)9-1-3-11(14)4-2-9/h9-10,12H,1-8,13H2. The topological polar surface area (TPSA) is 52.3 Å². The van der Waals surface area contributed by atoms with Gasteiger partial charge in [-0.3, -0.25) is 4.79 Å². The summed E-state index contributed by atoms with van der Waals surface area (Å²) in [6, 6.07) is 0.294. The Kier molecular flexibility index (Phi) is 3.76. The van der Waals surface area contributed by atoms with Crippen LogP contribution in [-0.4, -0.2) is 25.0 Å². The molecule has 1 aliphatic heterocycles. The van der Waals surface area contributed by atoms with Crippen LogP contribution in [-0.2, 0) is 9.53 Å². The van der Waals surface area contributed by atoms with Gasteiger partial charge in [-0.1, -0.05) is 0 Å². The molecule has 0 aromatic heterocycles. The van der Waals surface area contributed by atoms with Gasteiger partial charge in [-0.05, 0) is 37.5 Å². The number of ether oxygens (including phenoxy) is 1. The minimum absolute atomic E-state index is 0.294. The average Bonchev–Trinajstić information content (AvgIpc) is 2.30. The van der Waals surface area contributed by atoms with E-state index < -0.39 is 0 Å². The van der Waals surface area contributed by atoms with Crippen LogP contribution >= 0.6 is 0 Å². The van der Waals surface area contributed by atoms with E-state index in [4.69, 9.17) is 10.5 Å². The molecule has 0 bridgehead atoms. The summed E-state index contributed by atoms with van der Waals surface area (Å²) in [5.74, 6) is 1.62. The maximum absolute atomic E-state index is 11.1. The van der Waals surface area contributed by atoms with Crippen molar-refractivity contribution >= 4 is 5.78 Å². The second kappa shape index (κ2) is 5.08. The summed E-state index contributed by atoms with van der Waals surface area (Å²) < 4.78 is 5.34. The van der Waals surface area contributed by atoms with Gasteiger partial charge in [0.1, 0.15) is 5.78 Å². The van der Waals surface area contributed by atoms with Crippen molar-refractivity contribution in [2.75, 3.05) is 13.2 Å². The number of rotatable bonds is 2. The molecule has 0 spiro atoms. The molecule has 0 aromatic rings. The molecule has 2 fully saturated rings. The smallest absolute Gasteiger partial charge is 0.132 e. The van der Waals surface area contributed by atoms with Gasteiger partial charge >= 0.3 is 0 Å². The molecule has 0 amide bonds. The molecule has 2 rings (SSSR count). The maximum Gasteiger partial charge on any atom is 0.132 e. The number of Topliss-reactive ketones (excluding diaryl/α,β-unsaturated/α-hetero) is 1. The highest BCUT2D eigenvalue weighted by Crippen LogP contribution is 2.30. The highest BCUT2D eigenvalue weighted by Gasteiger charge is 2.30. The summed E-state index contributed by atoms with van der Waals surface area (Å²) in [6.07, 6.45) is 5.73. The van der Waals surface area contributed by atoms with Crippen LogP contribution in [0, 0.1) is 11.8 Å². The van der Waals surface area contributed by atoms with E-state index in [0.717, 1.165) is 51.7 Å². The molecule has 86 valence electrons. The van der Waals surface area contributed by atoms with Crippen molar-refractivity contribution in [2.24, 2.45) is 17.6 Å². The molecule has 1 unspecified atom stereocenters. The average molecular weight is 211 g/mol. The lowest BCUT2D eigenvalue weighted by Gasteiger charge is -2.34. The third-order valence-corrected chi connectivity index (χ3v) is 3.94. The molecule has 1 aliphatic carbocycles. The minimum atomic E-state index is 0.294. The number of hydrogen-bond acceptors (Lipinski definition) is 3. The zero-order valence-electron chi connectivity index (χ0n) is 9.28. The van der Waals surface area contributed by atoms with E-state index in [1.165, 1.54) is 0 Å². The van der Waals surface area contributed by atoms with Crippen LogP contribution in [0.1, 0.15) is 38.5 Å². The third kappa shape index (κ3) is 2.79. The second-order valence-corrected chi connectivity index (χ2v) is 4.90. The number of nitrogens with two attached hydrogens (primary N) is 1. The van der Waals surface area contributed by atoms with E-state index in [1.54, 1.807) is 0 Å². The van der Waals surface area contributed by atoms with Crippen LogP contribution in [0.5, 0.6) is 0 Å². The van der Waals surface area contributed by atoms with Crippen molar-refractivity contribution in [2.45, 2.75) is 44.6 Å². The lowest BCUT2D eigenvalue weighted by molar-refractivity contribution is -0.121. The van der Waals surface area contributed by atoms with Gasteiger partial charge in [-0.25, -0.2) is 0 Å². The lowest BCUT2D eigenvalue weighted by Crippen LogP contribution is -2.41. The first-order chi connectivity index (χ1) is 7.27. The SMILES string of the molecule is NC(C1CCOCC1)C1CCC(=O)CC1. The third-order valence-electron chi connectivity index (χ3n) is 3.94. The monoisotopic (exact) mass is 211 g/mol. The fourth-order valence-corrected chi connectivity index (χ4v) is 2.83.